The minimum absolute atomic E-state index is 0.0549. The molecule has 2 heterocycles. The first kappa shape index (κ1) is 24.0. The molecule has 2 fully saturated rings. The molecule has 1 atom stereocenters. The van der Waals surface area contributed by atoms with E-state index in [1.807, 2.05) is 25.1 Å². The van der Waals surface area contributed by atoms with Crippen molar-refractivity contribution in [2.75, 3.05) is 44.2 Å². The quantitative estimate of drug-likeness (QED) is 0.479. The maximum atomic E-state index is 12.8. The highest BCUT2D eigenvalue weighted by atomic mass is 35.5. The predicted molar refractivity (Wildman–Crippen MR) is 119 cm³/mol. The molecule has 1 aromatic rings. The number of anilines is 1. The van der Waals surface area contributed by atoms with Crippen molar-refractivity contribution in [3.05, 3.63) is 28.8 Å². The number of hydrogen-bond acceptors (Lipinski definition) is 6. The van der Waals surface area contributed by atoms with E-state index in [1.54, 1.807) is 4.90 Å². The van der Waals surface area contributed by atoms with Crippen LogP contribution in [0, 0.1) is 6.92 Å². The Labute approximate surface area is 192 Å². The number of rotatable bonds is 8. The minimum Gasteiger partial charge on any atom is -0.395 e. The number of aliphatic hydroxyl groups excluding tert-OH is 1. The molecule has 0 bridgehead atoms. The first-order chi connectivity index (χ1) is 15.2. The third kappa shape index (κ3) is 5.58. The van der Waals surface area contributed by atoms with Gasteiger partial charge < -0.3 is 25.5 Å². The summed E-state index contributed by atoms with van der Waals surface area (Å²) in [6, 6.07) is 5.86. The summed E-state index contributed by atoms with van der Waals surface area (Å²) < 4.78 is 0. The van der Waals surface area contributed by atoms with Crippen LogP contribution >= 0.6 is 11.6 Å². The molecule has 10 heteroatoms. The summed E-state index contributed by atoms with van der Waals surface area (Å²) in [7, 11) is 0. The van der Waals surface area contributed by atoms with Gasteiger partial charge in [-0.1, -0.05) is 11.6 Å². The molecule has 3 N–H and O–H groups in total. The molecule has 0 saturated carbocycles. The molecule has 1 aromatic carbocycles. The zero-order chi connectivity index (χ0) is 23.3. The molecular formula is C22H29ClN4O5. The highest BCUT2D eigenvalue weighted by Gasteiger charge is 2.47. The number of aryl methyl sites for hydroxylation is 1. The average Bonchev–Trinajstić information content (AvgIpc) is 3.05. The minimum atomic E-state index is -1.37. The van der Waals surface area contributed by atoms with Crippen LogP contribution in [0.25, 0.3) is 0 Å². The zero-order valence-corrected chi connectivity index (χ0v) is 18.9. The Kier molecular flexibility index (Phi) is 7.73. The summed E-state index contributed by atoms with van der Waals surface area (Å²) in [4.78, 5) is 53.2. The molecule has 32 heavy (non-hydrogen) atoms. The lowest BCUT2D eigenvalue weighted by atomic mass is 9.86. The van der Waals surface area contributed by atoms with Crippen molar-refractivity contribution in [3.8, 4) is 0 Å². The van der Waals surface area contributed by atoms with Gasteiger partial charge in [0.05, 0.1) is 19.4 Å². The van der Waals surface area contributed by atoms with E-state index in [9.17, 15) is 19.2 Å². The van der Waals surface area contributed by atoms with E-state index in [1.165, 1.54) is 0 Å². The molecule has 2 aliphatic heterocycles. The topological polar surface area (TPSA) is 119 Å². The number of nitrogens with one attached hydrogen (secondary N) is 2. The van der Waals surface area contributed by atoms with E-state index in [0.29, 0.717) is 26.2 Å². The van der Waals surface area contributed by atoms with Crippen LogP contribution in [0.2, 0.25) is 5.02 Å². The fourth-order valence-corrected chi connectivity index (χ4v) is 4.30. The number of Topliss-reactive ketones (excluding diaryl/α,β-unsaturated/α-hetero) is 1. The molecule has 3 amide bonds. The number of piperazine rings is 1. The van der Waals surface area contributed by atoms with E-state index in [0.717, 1.165) is 16.3 Å². The fourth-order valence-electron chi connectivity index (χ4n) is 4.18. The number of aliphatic hydroxyl groups is 1. The summed E-state index contributed by atoms with van der Waals surface area (Å²) in [5, 5.41) is 14.7. The maximum absolute atomic E-state index is 12.8. The van der Waals surface area contributed by atoms with Crippen LogP contribution in [0.3, 0.4) is 0 Å². The highest BCUT2D eigenvalue weighted by molar-refractivity contribution is 6.31. The van der Waals surface area contributed by atoms with Crippen molar-refractivity contribution in [3.63, 3.8) is 0 Å². The number of hydrogen-bond donors (Lipinski definition) is 3. The van der Waals surface area contributed by atoms with Gasteiger partial charge in [-0.25, -0.2) is 0 Å². The van der Waals surface area contributed by atoms with Crippen LogP contribution in [0.4, 0.5) is 5.69 Å². The smallest absolute Gasteiger partial charge is 0.228 e. The van der Waals surface area contributed by atoms with Gasteiger partial charge in [-0.15, -0.1) is 0 Å². The number of ketones is 1. The second-order valence-electron chi connectivity index (χ2n) is 8.28. The largest absolute Gasteiger partial charge is 0.395 e. The Hall–Kier alpha value is -2.65. The Morgan fingerprint density at radius 3 is 2.53 bits per heavy atom. The van der Waals surface area contributed by atoms with E-state index in [-0.39, 0.29) is 50.5 Å². The summed E-state index contributed by atoms with van der Waals surface area (Å²) >= 11 is 6.10. The Balaban J connectivity index is 1.56. The third-order valence-corrected chi connectivity index (χ3v) is 6.46. The molecule has 0 spiro atoms. The molecule has 3 rings (SSSR count). The first-order valence-electron chi connectivity index (χ1n) is 10.7. The second kappa shape index (κ2) is 10.3. The van der Waals surface area contributed by atoms with Crippen molar-refractivity contribution in [2.24, 2.45) is 0 Å². The third-order valence-electron chi connectivity index (χ3n) is 6.03. The van der Waals surface area contributed by atoms with Gasteiger partial charge in [-0.3, -0.25) is 19.2 Å². The number of amides is 3. The fraction of sp³-hybridized carbons (Fsp3) is 0.545. The Morgan fingerprint density at radius 2 is 1.94 bits per heavy atom. The van der Waals surface area contributed by atoms with Crippen LogP contribution in [-0.4, -0.2) is 78.4 Å². The Bertz CT molecular complexity index is 900. The van der Waals surface area contributed by atoms with Gasteiger partial charge in [-0.05, 0) is 37.1 Å². The molecule has 0 radical (unpaired) electrons. The monoisotopic (exact) mass is 464 g/mol. The average molecular weight is 465 g/mol. The van der Waals surface area contributed by atoms with Crippen molar-refractivity contribution >= 4 is 40.8 Å². The number of carbonyl (C=O) groups is 4. The van der Waals surface area contributed by atoms with Crippen LogP contribution in [0.15, 0.2) is 18.2 Å². The van der Waals surface area contributed by atoms with Gasteiger partial charge in [0.15, 0.2) is 5.78 Å². The maximum Gasteiger partial charge on any atom is 0.228 e. The molecule has 9 nitrogen and oxygen atoms in total. The van der Waals surface area contributed by atoms with Gasteiger partial charge in [0.25, 0.3) is 0 Å². The van der Waals surface area contributed by atoms with Crippen molar-refractivity contribution < 1.29 is 24.3 Å². The van der Waals surface area contributed by atoms with E-state index in [2.05, 4.69) is 15.5 Å². The van der Waals surface area contributed by atoms with Crippen LogP contribution < -0.4 is 15.5 Å². The van der Waals surface area contributed by atoms with Crippen molar-refractivity contribution in [2.45, 2.75) is 38.1 Å². The summed E-state index contributed by atoms with van der Waals surface area (Å²) in [6.07, 6.45) is -0.409. The molecule has 2 aliphatic rings. The number of halogens is 1. The Morgan fingerprint density at radius 1 is 1.22 bits per heavy atom. The van der Waals surface area contributed by atoms with Crippen molar-refractivity contribution in [1.82, 2.24) is 15.5 Å². The lowest BCUT2D eigenvalue weighted by molar-refractivity contribution is -0.134. The molecule has 2 saturated heterocycles. The molecule has 0 aliphatic carbocycles. The lowest BCUT2D eigenvalue weighted by Crippen LogP contribution is -2.52. The van der Waals surface area contributed by atoms with Gasteiger partial charge >= 0.3 is 0 Å². The van der Waals surface area contributed by atoms with Gasteiger partial charge in [0.2, 0.25) is 17.7 Å². The predicted octanol–water partition coefficient (Wildman–Crippen LogP) is 0.404. The summed E-state index contributed by atoms with van der Waals surface area (Å²) in [5.41, 5.74) is 0.694. The molecule has 1 unspecified atom stereocenters. The van der Waals surface area contributed by atoms with Gasteiger partial charge in [0, 0.05) is 49.9 Å². The normalized spacial score (nSPS) is 21.0. The number of nitrogens with zero attached hydrogens (tertiary/aromatic N) is 2. The highest BCUT2D eigenvalue weighted by Crippen LogP contribution is 2.27. The zero-order valence-electron chi connectivity index (χ0n) is 18.2. The lowest BCUT2D eigenvalue weighted by Gasteiger charge is -2.37. The van der Waals surface area contributed by atoms with Crippen LogP contribution in [-0.2, 0) is 19.2 Å². The van der Waals surface area contributed by atoms with Crippen LogP contribution in [0.1, 0.15) is 31.2 Å². The molecule has 0 aromatic heterocycles. The second-order valence-corrected chi connectivity index (χ2v) is 8.69. The SMILES string of the molecule is Cc1cc(N2CCN(C(=O)CCC3(CC(=O)NCCO)NC(=O)CC3=O)CC2)ccc1Cl. The first-order valence-corrected chi connectivity index (χ1v) is 11.1. The molecule has 174 valence electrons. The van der Waals surface area contributed by atoms with E-state index >= 15 is 0 Å². The van der Waals surface area contributed by atoms with Crippen molar-refractivity contribution in [1.29, 1.82) is 0 Å². The van der Waals surface area contributed by atoms with Gasteiger partial charge in [0.1, 0.15) is 5.54 Å². The number of benzene rings is 1. The van der Waals surface area contributed by atoms with E-state index in [4.69, 9.17) is 16.7 Å². The van der Waals surface area contributed by atoms with Crippen LogP contribution in [0.5, 0.6) is 0 Å². The molecular weight excluding hydrogens is 436 g/mol. The van der Waals surface area contributed by atoms with E-state index < -0.39 is 17.4 Å². The standard InChI is InChI=1S/C22H29ClN4O5/c1-15-12-16(2-3-17(15)23)26-7-9-27(10-8-26)21(32)4-5-22(14-20(31)24-6-11-28)18(29)13-19(30)25-22/h2-3,12,28H,4-11,13-14H2,1H3,(H,24,31)(H,25,30). The summed E-state index contributed by atoms with van der Waals surface area (Å²) in [5.74, 6) is -1.38. The number of carbonyl (C=O) groups excluding carboxylic acids is 4. The summed E-state index contributed by atoms with van der Waals surface area (Å²) in [6.45, 7) is 4.24. The van der Waals surface area contributed by atoms with Gasteiger partial charge in [-0.2, -0.15) is 0 Å².